The number of ether oxygens (including phenoxy) is 1. The first kappa shape index (κ1) is 21.2. The molecule has 1 aromatic carbocycles. The van der Waals surface area contributed by atoms with Gasteiger partial charge in [-0.05, 0) is 31.9 Å². The number of aromatic nitrogens is 2. The van der Waals surface area contributed by atoms with Gasteiger partial charge in [0.2, 0.25) is 0 Å². The maximum Gasteiger partial charge on any atom is 0.318 e. The minimum atomic E-state index is -1.31. The van der Waals surface area contributed by atoms with Crippen LogP contribution in [0.25, 0.3) is 0 Å². The molecule has 0 bridgehead atoms. The van der Waals surface area contributed by atoms with E-state index in [0.717, 1.165) is 12.1 Å². The average Bonchev–Trinajstić information content (AvgIpc) is 2.65. The number of benzene rings is 1. The Morgan fingerprint density at radius 3 is 2.61 bits per heavy atom. The van der Waals surface area contributed by atoms with Crippen LogP contribution in [0.15, 0.2) is 30.6 Å². The number of hydrogen-bond donors (Lipinski definition) is 2. The molecule has 0 aliphatic carbocycles. The number of anilines is 2. The lowest BCUT2D eigenvalue weighted by molar-refractivity contribution is -0.151. The first-order valence-corrected chi connectivity index (χ1v) is 8.76. The van der Waals surface area contributed by atoms with Crippen LogP contribution >= 0.6 is 0 Å². The monoisotopic (exact) mass is 393 g/mol. The van der Waals surface area contributed by atoms with Gasteiger partial charge in [-0.15, -0.1) is 0 Å². The number of rotatable bonds is 9. The molecular formula is C19H21F2N3O4. The summed E-state index contributed by atoms with van der Waals surface area (Å²) in [5, 5.41) is 11.7. The summed E-state index contributed by atoms with van der Waals surface area (Å²) in [4.78, 5) is 32.1. The molecule has 28 heavy (non-hydrogen) atoms. The molecule has 0 unspecified atom stereocenters. The largest absolute Gasteiger partial charge is 0.481 e. The van der Waals surface area contributed by atoms with Gasteiger partial charge in [-0.25, -0.2) is 13.8 Å². The first-order valence-electron chi connectivity index (χ1n) is 8.76. The molecule has 0 radical (unpaired) electrons. The Hall–Kier alpha value is -3.10. The Morgan fingerprint density at radius 1 is 1.25 bits per heavy atom. The van der Waals surface area contributed by atoms with Gasteiger partial charge in [-0.1, -0.05) is 6.92 Å². The van der Waals surface area contributed by atoms with Crippen LogP contribution in [0, 0.1) is 11.6 Å². The van der Waals surface area contributed by atoms with Crippen LogP contribution in [-0.4, -0.2) is 33.6 Å². The number of aliphatic carboxylic acids is 1. The van der Waals surface area contributed by atoms with Crippen LogP contribution in [0.4, 0.5) is 20.3 Å². The zero-order valence-electron chi connectivity index (χ0n) is 15.5. The molecule has 1 aromatic heterocycles. The van der Waals surface area contributed by atoms with Crippen molar-refractivity contribution in [3.8, 4) is 0 Å². The van der Waals surface area contributed by atoms with E-state index in [2.05, 4.69) is 15.3 Å². The number of nitrogens with one attached hydrogen (secondary N) is 1. The van der Waals surface area contributed by atoms with Gasteiger partial charge in [0.15, 0.2) is 0 Å². The number of halogens is 2. The summed E-state index contributed by atoms with van der Waals surface area (Å²) in [6, 6.07) is 3.02. The molecule has 0 saturated heterocycles. The van der Waals surface area contributed by atoms with E-state index in [0.29, 0.717) is 0 Å². The Bertz CT molecular complexity index is 863. The highest BCUT2D eigenvalue weighted by Gasteiger charge is 2.42. The van der Waals surface area contributed by atoms with Crippen LogP contribution in [0.2, 0.25) is 0 Å². The highest BCUT2D eigenvalue weighted by molar-refractivity contribution is 5.83. The normalized spacial score (nSPS) is 12.9. The molecular weight excluding hydrogens is 372 g/mol. The van der Waals surface area contributed by atoms with Gasteiger partial charge >= 0.3 is 11.9 Å². The van der Waals surface area contributed by atoms with Gasteiger partial charge in [0.1, 0.15) is 22.9 Å². The summed E-state index contributed by atoms with van der Waals surface area (Å²) in [6.45, 7) is 3.50. The highest BCUT2D eigenvalue weighted by atomic mass is 19.1. The molecule has 0 aliphatic heterocycles. The zero-order chi connectivity index (χ0) is 20.7. The summed E-state index contributed by atoms with van der Waals surface area (Å²) < 4.78 is 32.1. The molecule has 0 spiro atoms. The summed E-state index contributed by atoms with van der Waals surface area (Å²) >= 11 is 0. The van der Waals surface area contributed by atoms with Crippen molar-refractivity contribution < 1.29 is 28.2 Å². The maximum atomic E-state index is 13.9. The Kier molecular flexibility index (Phi) is 6.97. The van der Waals surface area contributed by atoms with E-state index in [1.165, 1.54) is 18.5 Å². The predicted octanol–water partition coefficient (Wildman–Crippen LogP) is 3.57. The number of carboxylic acids is 1. The molecule has 0 saturated carbocycles. The third-order valence-electron chi connectivity index (χ3n) is 4.35. The smallest absolute Gasteiger partial charge is 0.318 e. The highest BCUT2D eigenvalue weighted by Crippen LogP contribution is 2.34. The summed E-state index contributed by atoms with van der Waals surface area (Å²) in [7, 11) is 0. The van der Waals surface area contributed by atoms with Gasteiger partial charge in [-0.2, -0.15) is 0 Å². The second kappa shape index (κ2) is 9.20. The standard InChI is InChI=1S/C19H21F2N3O4/c1-3-19(8-7-17(25)26,18(27)28-4-2)15-10-22-11-16(24-15)23-14-6-5-12(20)9-13(14)21/h5-6,9-11H,3-4,7-8H2,1-2H3,(H,23,24)(H,25,26)/t19-/m1/s1. The van der Waals surface area contributed by atoms with Crippen molar-refractivity contribution in [2.45, 2.75) is 38.5 Å². The molecule has 9 heteroatoms. The summed E-state index contributed by atoms with van der Waals surface area (Å²) in [6.07, 6.45) is 2.62. The van der Waals surface area contributed by atoms with Crippen LogP contribution < -0.4 is 5.32 Å². The molecule has 1 heterocycles. The van der Waals surface area contributed by atoms with E-state index in [1.54, 1.807) is 13.8 Å². The summed E-state index contributed by atoms with van der Waals surface area (Å²) in [5.41, 5.74) is -1.11. The number of carboxylic acid groups (broad SMARTS) is 1. The van der Waals surface area contributed by atoms with Gasteiger partial charge in [0.25, 0.3) is 0 Å². The fourth-order valence-corrected chi connectivity index (χ4v) is 2.81. The second-order valence-electron chi connectivity index (χ2n) is 6.09. The van der Waals surface area contributed by atoms with Crippen molar-refractivity contribution in [3.63, 3.8) is 0 Å². The van der Waals surface area contributed by atoms with E-state index in [-0.39, 0.29) is 43.1 Å². The van der Waals surface area contributed by atoms with Crippen LogP contribution in [0.3, 0.4) is 0 Å². The molecule has 0 amide bonds. The van der Waals surface area contributed by atoms with E-state index >= 15 is 0 Å². The molecule has 2 aromatic rings. The average molecular weight is 393 g/mol. The van der Waals surface area contributed by atoms with Crippen molar-refractivity contribution in [2.24, 2.45) is 0 Å². The Balaban J connectivity index is 2.41. The van der Waals surface area contributed by atoms with Crippen molar-refractivity contribution in [2.75, 3.05) is 11.9 Å². The lowest BCUT2D eigenvalue weighted by atomic mass is 9.77. The summed E-state index contributed by atoms with van der Waals surface area (Å²) in [5.74, 6) is -3.06. The van der Waals surface area contributed by atoms with Gasteiger partial charge < -0.3 is 15.2 Å². The molecule has 2 N–H and O–H groups in total. The Labute approximate surface area is 160 Å². The van der Waals surface area contributed by atoms with Crippen LogP contribution in [-0.2, 0) is 19.7 Å². The van der Waals surface area contributed by atoms with Gasteiger partial charge in [-0.3, -0.25) is 14.6 Å². The molecule has 0 fully saturated rings. The number of hydrogen-bond acceptors (Lipinski definition) is 6. The van der Waals surface area contributed by atoms with Crippen molar-refractivity contribution in [3.05, 3.63) is 47.9 Å². The quantitative estimate of drug-likeness (QED) is 0.628. The zero-order valence-corrected chi connectivity index (χ0v) is 15.5. The molecule has 7 nitrogen and oxygen atoms in total. The fourth-order valence-electron chi connectivity index (χ4n) is 2.81. The van der Waals surface area contributed by atoms with Crippen molar-refractivity contribution in [1.29, 1.82) is 0 Å². The lowest BCUT2D eigenvalue weighted by Gasteiger charge is -2.29. The van der Waals surface area contributed by atoms with E-state index in [1.807, 2.05) is 0 Å². The number of esters is 1. The van der Waals surface area contributed by atoms with Gasteiger partial charge in [0.05, 0.1) is 24.2 Å². The van der Waals surface area contributed by atoms with Crippen molar-refractivity contribution in [1.82, 2.24) is 9.97 Å². The number of carbonyl (C=O) groups excluding carboxylic acids is 1. The SMILES string of the molecule is CCOC(=O)[C@](CC)(CCC(=O)O)c1cncc(Nc2ccc(F)cc2F)n1. The lowest BCUT2D eigenvalue weighted by Crippen LogP contribution is -2.38. The predicted molar refractivity (Wildman–Crippen MR) is 97.1 cm³/mol. The Morgan fingerprint density at radius 2 is 2.00 bits per heavy atom. The van der Waals surface area contributed by atoms with E-state index < -0.39 is 29.0 Å². The number of carbonyl (C=O) groups is 2. The number of nitrogens with zero attached hydrogens (tertiary/aromatic N) is 2. The molecule has 2 rings (SSSR count). The molecule has 0 aliphatic rings. The molecule has 150 valence electrons. The van der Waals surface area contributed by atoms with E-state index in [9.17, 15) is 18.4 Å². The minimum Gasteiger partial charge on any atom is -0.481 e. The van der Waals surface area contributed by atoms with E-state index in [4.69, 9.17) is 9.84 Å². The van der Waals surface area contributed by atoms with Crippen LogP contribution in [0.5, 0.6) is 0 Å². The molecule has 1 atom stereocenters. The van der Waals surface area contributed by atoms with Gasteiger partial charge in [0, 0.05) is 18.7 Å². The third-order valence-corrected chi connectivity index (χ3v) is 4.35. The second-order valence-corrected chi connectivity index (χ2v) is 6.09. The van der Waals surface area contributed by atoms with Crippen molar-refractivity contribution >= 4 is 23.4 Å². The first-order chi connectivity index (χ1) is 13.3. The fraction of sp³-hybridized carbons (Fsp3) is 0.368. The third kappa shape index (κ3) is 4.79. The topological polar surface area (TPSA) is 101 Å². The van der Waals surface area contributed by atoms with Crippen LogP contribution in [0.1, 0.15) is 38.8 Å². The maximum absolute atomic E-state index is 13.9. The minimum absolute atomic E-state index is 0.0170.